The second-order valence-corrected chi connectivity index (χ2v) is 10.3. The van der Waals surface area contributed by atoms with Crippen LogP contribution in [0.4, 0.5) is 0 Å². The van der Waals surface area contributed by atoms with Crippen molar-refractivity contribution in [2.75, 3.05) is 6.61 Å². The summed E-state index contributed by atoms with van der Waals surface area (Å²) in [6, 6.07) is 16.7. The first kappa shape index (κ1) is 21.0. The summed E-state index contributed by atoms with van der Waals surface area (Å²) in [7, 11) is 0. The maximum absolute atomic E-state index is 13.0. The van der Waals surface area contributed by atoms with E-state index >= 15 is 0 Å². The SMILES string of the molecule is CC(C)(C)OC(=O)C1C2C=CC1CC(C(=O)OCC1c3ccccc3-c3ccccc31)C2. The van der Waals surface area contributed by atoms with E-state index in [1.54, 1.807) is 0 Å². The van der Waals surface area contributed by atoms with Crippen molar-refractivity contribution in [3.63, 3.8) is 0 Å². The van der Waals surface area contributed by atoms with Crippen LogP contribution >= 0.6 is 0 Å². The Morgan fingerprint density at radius 2 is 1.38 bits per heavy atom. The zero-order valence-electron chi connectivity index (χ0n) is 18.9. The standard InChI is InChI=1S/C28H30O4/c1-28(2,3)32-27(30)25-17-12-13-18(25)15-19(14-17)26(29)31-16-24-22-10-6-4-8-20(22)21-9-5-7-11-23(21)24/h4-13,17-19,24-25H,14-16H2,1-3H3. The van der Waals surface area contributed by atoms with Gasteiger partial charge in [0.25, 0.3) is 0 Å². The van der Waals surface area contributed by atoms with Crippen LogP contribution < -0.4 is 0 Å². The van der Waals surface area contributed by atoms with E-state index < -0.39 is 5.60 Å². The lowest BCUT2D eigenvalue weighted by atomic mass is 9.72. The molecule has 166 valence electrons. The first-order chi connectivity index (χ1) is 15.3. The molecule has 0 spiro atoms. The predicted molar refractivity (Wildman–Crippen MR) is 123 cm³/mol. The lowest BCUT2D eigenvalue weighted by Gasteiger charge is -2.34. The molecule has 0 radical (unpaired) electrons. The number of carbonyl (C=O) groups excluding carboxylic acids is 2. The van der Waals surface area contributed by atoms with E-state index in [2.05, 4.69) is 48.6 Å². The Bertz CT molecular complexity index is 1020. The summed E-state index contributed by atoms with van der Waals surface area (Å²) in [5.74, 6) is -0.475. The van der Waals surface area contributed by atoms with Gasteiger partial charge in [-0.1, -0.05) is 60.7 Å². The van der Waals surface area contributed by atoms with E-state index in [-0.39, 0.29) is 41.5 Å². The predicted octanol–water partition coefficient (Wildman–Crippen LogP) is 5.51. The number of ether oxygens (including phenoxy) is 2. The Morgan fingerprint density at radius 1 is 0.844 bits per heavy atom. The van der Waals surface area contributed by atoms with Gasteiger partial charge in [0.15, 0.2) is 0 Å². The van der Waals surface area contributed by atoms with Crippen molar-refractivity contribution in [2.24, 2.45) is 23.7 Å². The molecule has 3 aliphatic carbocycles. The molecule has 2 unspecified atom stereocenters. The fourth-order valence-corrected chi connectivity index (χ4v) is 5.68. The van der Waals surface area contributed by atoms with E-state index in [0.717, 1.165) is 0 Å². The highest BCUT2D eigenvalue weighted by Crippen LogP contribution is 2.47. The topological polar surface area (TPSA) is 52.6 Å². The number of benzene rings is 2. The van der Waals surface area contributed by atoms with Crippen molar-refractivity contribution in [2.45, 2.75) is 45.1 Å². The third kappa shape index (κ3) is 3.76. The molecule has 2 aromatic rings. The minimum atomic E-state index is -0.500. The Labute approximate surface area is 189 Å². The number of hydrogen-bond acceptors (Lipinski definition) is 4. The first-order valence-electron chi connectivity index (χ1n) is 11.6. The molecule has 0 saturated heterocycles. The van der Waals surface area contributed by atoms with Gasteiger partial charge in [-0.05, 0) is 67.7 Å². The van der Waals surface area contributed by atoms with Crippen molar-refractivity contribution in [1.82, 2.24) is 0 Å². The number of hydrogen-bond donors (Lipinski definition) is 0. The highest BCUT2D eigenvalue weighted by atomic mass is 16.6. The minimum absolute atomic E-state index is 0.0501. The molecule has 1 fully saturated rings. The highest BCUT2D eigenvalue weighted by Gasteiger charge is 2.47. The zero-order chi connectivity index (χ0) is 22.5. The van der Waals surface area contributed by atoms with E-state index in [1.165, 1.54) is 22.3 Å². The Morgan fingerprint density at radius 3 is 1.91 bits per heavy atom. The molecule has 4 heteroatoms. The summed E-state index contributed by atoms with van der Waals surface area (Å²) in [6.07, 6.45) is 5.48. The average molecular weight is 431 g/mol. The van der Waals surface area contributed by atoms with E-state index in [9.17, 15) is 9.59 Å². The van der Waals surface area contributed by atoms with Gasteiger partial charge in [-0.25, -0.2) is 0 Å². The molecule has 0 aromatic heterocycles. The summed E-state index contributed by atoms with van der Waals surface area (Å²) in [5, 5.41) is 0. The van der Waals surface area contributed by atoms with Crippen LogP contribution in [0.5, 0.6) is 0 Å². The number of rotatable bonds is 4. The molecule has 2 aromatic carbocycles. The van der Waals surface area contributed by atoms with Gasteiger partial charge in [-0.2, -0.15) is 0 Å². The van der Waals surface area contributed by atoms with Crippen LogP contribution in [-0.2, 0) is 19.1 Å². The summed E-state index contributed by atoms with van der Waals surface area (Å²) >= 11 is 0. The molecular formula is C28H30O4. The lowest BCUT2D eigenvalue weighted by molar-refractivity contribution is -0.166. The van der Waals surface area contributed by atoms with Gasteiger partial charge in [0, 0.05) is 5.92 Å². The van der Waals surface area contributed by atoms with Crippen molar-refractivity contribution in [3.8, 4) is 11.1 Å². The molecule has 2 bridgehead atoms. The Kier molecular flexibility index (Phi) is 5.19. The fourth-order valence-electron chi connectivity index (χ4n) is 5.68. The monoisotopic (exact) mass is 430 g/mol. The van der Waals surface area contributed by atoms with Crippen LogP contribution in [0.25, 0.3) is 11.1 Å². The van der Waals surface area contributed by atoms with Gasteiger partial charge >= 0.3 is 11.9 Å². The molecule has 4 nitrogen and oxygen atoms in total. The second kappa shape index (κ2) is 7.91. The fraction of sp³-hybridized carbons (Fsp3) is 0.429. The van der Waals surface area contributed by atoms with Crippen LogP contribution in [0, 0.1) is 23.7 Å². The van der Waals surface area contributed by atoms with Gasteiger partial charge < -0.3 is 9.47 Å². The van der Waals surface area contributed by atoms with E-state index in [0.29, 0.717) is 19.4 Å². The number of fused-ring (bicyclic) bond motifs is 5. The first-order valence-corrected chi connectivity index (χ1v) is 11.6. The van der Waals surface area contributed by atoms with Crippen LogP contribution in [0.2, 0.25) is 0 Å². The van der Waals surface area contributed by atoms with Crippen LogP contribution in [0.1, 0.15) is 50.7 Å². The van der Waals surface area contributed by atoms with Gasteiger partial charge in [-0.15, -0.1) is 0 Å². The van der Waals surface area contributed by atoms with Crippen LogP contribution in [0.15, 0.2) is 60.7 Å². The molecular weight excluding hydrogens is 400 g/mol. The maximum atomic E-state index is 13.0. The minimum Gasteiger partial charge on any atom is -0.464 e. The molecule has 1 saturated carbocycles. The Balaban J connectivity index is 1.25. The summed E-state index contributed by atoms with van der Waals surface area (Å²) in [4.78, 5) is 25.7. The smallest absolute Gasteiger partial charge is 0.310 e. The highest BCUT2D eigenvalue weighted by molar-refractivity contribution is 5.80. The maximum Gasteiger partial charge on any atom is 0.310 e. The number of carbonyl (C=O) groups is 2. The molecule has 2 atom stereocenters. The van der Waals surface area contributed by atoms with Crippen molar-refractivity contribution in [1.29, 1.82) is 0 Å². The summed E-state index contributed by atoms with van der Waals surface area (Å²) in [6.45, 7) is 6.02. The third-order valence-electron chi connectivity index (χ3n) is 7.01. The van der Waals surface area contributed by atoms with Gasteiger partial charge in [-0.3, -0.25) is 9.59 Å². The number of allylic oxidation sites excluding steroid dienone is 2. The van der Waals surface area contributed by atoms with Gasteiger partial charge in [0.05, 0.1) is 11.8 Å². The van der Waals surface area contributed by atoms with Crippen LogP contribution in [0.3, 0.4) is 0 Å². The zero-order valence-corrected chi connectivity index (χ0v) is 18.9. The molecule has 32 heavy (non-hydrogen) atoms. The molecule has 0 heterocycles. The molecule has 3 aliphatic rings. The van der Waals surface area contributed by atoms with E-state index in [1.807, 2.05) is 32.9 Å². The van der Waals surface area contributed by atoms with Gasteiger partial charge in [0.2, 0.25) is 0 Å². The largest absolute Gasteiger partial charge is 0.464 e. The quantitative estimate of drug-likeness (QED) is 0.474. The van der Waals surface area contributed by atoms with E-state index in [4.69, 9.17) is 9.47 Å². The van der Waals surface area contributed by atoms with Crippen molar-refractivity contribution < 1.29 is 19.1 Å². The molecule has 5 rings (SSSR count). The normalized spacial score (nSPS) is 25.8. The second-order valence-electron chi connectivity index (χ2n) is 10.3. The number of esters is 2. The van der Waals surface area contributed by atoms with Crippen LogP contribution in [-0.4, -0.2) is 24.1 Å². The summed E-state index contributed by atoms with van der Waals surface area (Å²) < 4.78 is 11.5. The lowest BCUT2D eigenvalue weighted by Crippen LogP contribution is -2.39. The third-order valence-corrected chi connectivity index (χ3v) is 7.01. The van der Waals surface area contributed by atoms with Gasteiger partial charge in [0.1, 0.15) is 12.2 Å². The average Bonchev–Trinajstić information content (AvgIpc) is 3.22. The van der Waals surface area contributed by atoms with Crippen molar-refractivity contribution in [3.05, 3.63) is 71.8 Å². The molecule has 0 aliphatic heterocycles. The van der Waals surface area contributed by atoms with Crippen molar-refractivity contribution >= 4 is 11.9 Å². The molecule has 0 N–H and O–H groups in total. The summed E-state index contributed by atoms with van der Waals surface area (Å²) in [5.41, 5.74) is 4.39. The molecule has 0 amide bonds. The Hall–Kier alpha value is -2.88.